The fraction of sp³-hybridized carbons (Fsp3) is 0.368. The third-order valence-electron chi connectivity index (χ3n) is 4.44. The molecule has 1 aliphatic heterocycles. The maximum Gasteiger partial charge on any atom is 0.243 e. The molecule has 1 heterocycles. The first kappa shape index (κ1) is 18.4. The van der Waals surface area contributed by atoms with Crippen molar-refractivity contribution in [3.05, 3.63) is 64.7 Å². The van der Waals surface area contributed by atoms with Crippen LogP contribution in [-0.4, -0.2) is 31.4 Å². The largest absolute Gasteiger partial charge is 0.370 e. The van der Waals surface area contributed by atoms with E-state index in [9.17, 15) is 8.42 Å². The molecule has 0 spiro atoms. The Morgan fingerprint density at radius 2 is 1.88 bits per heavy atom. The van der Waals surface area contributed by atoms with E-state index >= 15 is 0 Å². The predicted molar refractivity (Wildman–Crippen MR) is 99.3 cm³/mol. The first-order chi connectivity index (χ1) is 11.7. The summed E-state index contributed by atoms with van der Waals surface area (Å²) in [7, 11) is -3.62. The molecule has 0 saturated carbocycles. The van der Waals surface area contributed by atoms with E-state index in [1.54, 1.807) is 28.6 Å². The molecule has 2 aromatic rings. The highest BCUT2D eigenvalue weighted by molar-refractivity contribution is 7.89. The van der Waals surface area contributed by atoms with Crippen LogP contribution in [0, 0.1) is 6.92 Å². The summed E-state index contributed by atoms with van der Waals surface area (Å²) < 4.78 is 34.0. The van der Waals surface area contributed by atoms with Crippen LogP contribution < -0.4 is 0 Å². The van der Waals surface area contributed by atoms with Gasteiger partial charge in [-0.25, -0.2) is 8.42 Å². The molecule has 1 saturated heterocycles. The first-order valence-corrected chi connectivity index (χ1v) is 9.98. The molecule has 2 aromatic carbocycles. The van der Waals surface area contributed by atoms with Crippen LogP contribution in [0.3, 0.4) is 0 Å². The number of morpholine rings is 1. The molecule has 1 fully saturated rings. The summed E-state index contributed by atoms with van der Waals surface area (Å²) in [6.07, 6.45) is -0.341. The number of rotatable bonds is 3. The van der Waals surface area contributed by atoms with Gasteiger partial charge < -0.3 is 4.74 Å². The van der Waals surface area contributed by atoms with E-state index in [2.05, 4.69) is 0 Å². The average molecular weight is 380 g/mol. The molecule has 0 amide bonds. The SMILES string of the molecule is Cc1cccc(S(=O)(=O)N2CC(c3cccc(Cl)c3)OCC2(C)C)c1. The number of nitrogens with zero attached hydrogens (tertiary/aromatic N) is 1. The summed E-state index contributed by atoms with van der Waals surface area (Å²) in [5.74, 6) is 0. The second-order valence-corrected chi connectivity index (χ2v) is 9.32. The Morgan fingerprint density at radius 1 is 1.16 bits per heavy atom. The summed E-state index contributed by atoms with van der Waals surface area (Å²) in [5, 5.41) is 0.610. The minimum atomic E-state index is -3.62. The van der Waals surface area contributed by atoms with Crippen molar-refractivity contribution in [3.63, 3.8) is 0 Å². The molecule has 0 N–H and O–H groups in total. The number of hydrogen-bond acceptors (Lipinski definition) is 3. The van der Waals surface area contributed by atoms with Crippen LogP contribution in [0.15, 0.2) is 53.4 Å². The van der Waals surface area contributed by atoms with Crippen LogP contribution in [0.2, 0.25) is 5.02 Å². The van der Waals surface area contributed by atoms with Crippen molar-refractivity contribution in [2.45, 2.75) is 37.3 Å². The number of ether oxygens (including phenoxy) is 1. The van der Waals surface area contributed by atoms with Gasteiger partial charge in [0.15, 0.2) is 0 Å². The van der Waals surface area contributed by atoms with Gasteiger partial charge in [-0.05, 0) is 56.2 Å². The molecule has 0 bridgehead atoms. The molecule has 1 atom stereocenters. The molecule has 0 aromatic heterocycles. The second kappa shape index (κ2) is 6.72. The molecule has 3 rings (SSSR count). The third kappa shape index (κ3) is 3.75. The molecule has 6 heteroatoms. The van der Waals surface area contributed by atoms with Crippen molar-refractivity contribution in [1.29, 1.82) is 0 Å². The average Bonchev–Trinajstić information content (AvgIpc) is 2.54. The van der Waals surface area contributed by atoms with Gasteiger partial charge in [-0.15, -0.1) is 0 Å². The van der Waals surface area contributed by atoms with Crippen LogP contribution in [0.5, 0.6) is 0 Å². The van der Waals surface area contributed by atoms with Crippen molar-refractivity contribution in [3.8, 4) is 0 Å². The molecule has 25 heavy (non-hydrogen) atoms. The van der Waals surface area contributed by atoms with Crippen molar-refractivity contribution in [1.82, 2.24) is 4.31 Å². The lowest BCUT2D eigenvalue weighted by atomic mass is 10.0. The Labute approximate surface area is 154 Å². The normalized spacial score (nSPS) is 21.2. The minimum Gasteiger partial charge on any atom is -0.370 e. The zero-order valence-electron chi connectivity index (χ0n) is 14.6. The Hall–Kier alpha value is -1.40. The van der Waals surface area contributed by atoms with Crippen LogP contribution in [0.25, 0.3) is 0 Å². The number of benzene rings is 2. The van der Waals surface area contributed by atoms with Gasteiger partial charge in [-0.1, -0.05) is 35.9 Å². The van der Waals surface area contributed by atoms with Gasteiger partial charge in [0.05, 0.1) is 23.1 Å². The third-order valence-corrected chi connectivity index (χ3v) is 6.75. The Balaban J connectivity index is 1.97. The van der Waals surface area contributed by atoms with Gasteiger partial charge in [0.2, 0.25) is 10.0 Å². The highest BCUT2D eigenvalue weighted by Gasteiger charge is 2.43. The van der Waals surface area contributed by atoms with Gasteiger partial charge >= 0.3 is 0 Å². The number of halogens is 1. The van der Waals surface area contributed by atoms with E-state index in [1.165, 1.54) is 0 Å². The number of hydrogen-bond donors (Lipinski definition) is 0. The van der Waals surface area contributed by atoms with E-state index in [4.69, 9.17) is 16.3 Å². The maximum atomic E-state index is 13.2. The maximum absolute atomic E-state index is 13.2. The van der Waals surface area contributed by atoms with E-state index < -0.39 is 15.6 Å². The molecule has 1 unspecified atom stereocenters. The standard InChI is InChI=1S/C19H22ClNO3S/c1-14-6-4-9-17(10-14)25(22,23)21-12-18(24-13-19(21,2)3)15-7-5-8-16(20)11-15/h4-11,18H,12-13H2,1-3H3. The van der Waals surface area contributed by atoms with Crippen LogP contribution in [0.4, 0.5) is 0 Å². The lowest BCUT2D eigenvalue weighted by molar-refractivity contribution is -0.0655. The molecule has 1 aliphatic rings. The monoisotopic (exact) mass is 379 g/mol. The van der Waals surface area contributed by atoms with Crippen LogP contribution in [-0.2, 0) is 14.8 Å². The van der Waals surface area contributed by atoms with Gasteiger partial charge in [-0.3, -0.25) is 0 Å². The zero-order chi connectivity index (χ0) is 18.2. The molecular formula is C19H22ClNO3S. The fourth-order valence-corrected chi connectivity index (χ4v) is 5.14. The van der Waals surface area contributed by atoms with E-state index in [1.807, 2.05) is 45.0 Å². The van der Waals surface area contributed by atoms with Crippen LogP contribution in [0.1, 0.15) is 31.1 Å². The van der Waals surface area contributed by atoms with Crippen molar-refractivity contribution >= 4 is 21.6 Å². The Morgan fingerprint density at radius 3 is 2.56 bits per heavy atom. The summed E-state index contributed by atoms with van der Waals surface area (Å²) in [4.78, 5) is 0.312. The Kier molecular flexibility index (Phi) is 4.95. The molecule has 0 aliphatic carbocycles. The van der Waals surface area contributed by atoms with Crippen molar-refractivity contribution in [2.75, 3.05) is 13.2 Å². The second-order valence-electron chi connectivity index (χ2n) is 7.02. The molecular weight excluding hydrogens is 358 g/mol. The molecule has 134 valence electrons. The first-order valence-electron chi connectivity index (χ1n) is 8.17. The van der Waals surface area contributed by atoms with Crippen LogP contribution >= 0.6 is 11.6 Å². The smallest absolute Gasteiger partial charge is 0.243 e. The lowest BCUT2D eigenvalue weighted by Crippen LogP contribution is -2.56. The Bertz CT molecular complexity index is 880. The summed E-state index contributed by atoms with van der Waals surface area (Å²) >= 11 is 6.07. The highest BCUT2D eigenvalue weighted by Crippen LogP contribution is 2.35. The van der Waals surface area contributed by atoms with Gasteiger partial charge in [-0.2, -0.15) is 4.31 Å². The van der Waals surface area contributed by atoms with E-state index in [0.717, 1.165) is 11.1 Å². The highest BCUT2D eigenvalue weighted by atomic mass is 35.5. The number of sulfonamides is 1. The molecule has 0 radical (unpaired) electrons. The summed E-state index contributed by atoms with van der Waals surface area (Å²) in [6, 6.07) is 14.4. The van der Waals surface area contributed by atoms with Crippen molar-refractivity contribution < 1.29 is 13.2 Å². The molecule has 4 nitrogen and oxygen atoms in total. The summed E-state index contributed by atoms with van der Waals surface area (Å²) in [6.45, 7) is 6.22. The quantitative estimate of drug-likeness (QED) is 0.803. The summed E-state index contributed by atoms with van der Waals surface area (Å²) in [5.41, 5.74) is 1.17. The minimum absolute atomic E-state index is 0.254. The van der Waals surface area contributed by atoms with E-state index in [-0.39, 0.29) is 12.6 Å². The topological polar surface area (TPSA) is 46.6 Å². The predicted octanol–water partition coefficient (Wildman–Crippen LogP) is 4.19. The lowest BCUT2D eigenvalue weighted by Gasteiger charge is -2.44. The van der Waals surface area contributed by atoms with Gasteiger partial charge in [0.25, 0.3) is 0 Å². The zero-order valence-corrected chi connectivity index (χ0v) is 16.1. The fourth-order valence-electron chi connectivity index (χ4n) is 3.06. The number of aryl methyl sites for hydroxylation is 1. The van der Waals surface area contributed by atoms with Crippen molar-refractivity contribution in [2.24, 2.45) is 0 Å². The van der Waals surface area contributed by atoms with E-state index in [0.29, 0.717) is 16.5 Å². The van der Waals surface area contributed by atoms with Gasteiger partial charge in [0.1, 0.15) is 0 Å². The van der Waals surface area contributed by atoms with Gasteiger partial charge in [0, 0.05) is 11.6 Å².